The lowest BCUT2D eigenvalue weighted by molar-refractivity contribution is 0.669. The zero-order chi connectivity index (χ0) is 35.1. The minimum atomic E-state index is 0.594. The summed E-state index contributed by atoms with van der Waals surface area (Å²) in [5.41, 5.74) is 11.2. The second kappa shape index (κ2) is 12.9. The van der Waals surface area contributed by atoms with Gasteiger partial charge in [0, 0.05) is 27.5 Å². The molecule has 0 bridgehead atoms. The number of fused-ring (bicyclic) bond motifs is 4. The standard InChI is InChI=1S/C49H31N3O/c1-3-10-32(11-4-1)35-18-23-37(24-19-35)47-50-48(38-25-20-36(21-26-38)33-12-5-2-6-13-33)52-49(51-47)43-16-9-17-44-46(43)42-29-28-41(31-45(42)53-44)40-27-22-34-14-7-8-15-39(34)30-40/h1-31H. The van der Waals surface area contributed by atoms with E-state index >= 15 is 0 Å². The maximum atomic E-state index is 6.53. The Morgan fingerprint density at radius 3 is 1.43 bits per heavy atom. The van der Waals surface area contributed by atoms with Gasteiger partial charge in [-0.25, -0.2) is 15.0 Å². The maximum absolute atomic E-state index is 6.53. The first-order valence-electron chi connectivity index (χ1n) is 17.8. The first kappa shape index (κ1) is 30.6. The molecule has 10 aromatic rings. The Kier molecular flexibility index (Phi) is 7.43. The monoisotopic (exact) mass is 677 g/mol. The molecule has 2 aromatic heterocycles. The predicted octanol–water partition coefficient (Wildman–Crippen LogP) is 12.9. The van der Waals surface area contributed by atoms with E-state index < -0.39 is 0 Å². The lowest BCUT2D eigenvalue weighted by atomic mass is 9.99. The summed E-state index contributed by atoms with van der Waals surface area (Å²) in [6.45, 7) is 0. The van der Waals surface area contributed by atoms with Crippen molar-refractivity contribution in [1.82, 2.24) is 15.0 Å². The zero-order valence-electron chi connectivity index (χ0n) is 28.6. The smallest absolute Gasteiger partial charge is 0.164 e. The summed E-state index contributed by atoms with van der Waals surface area (Å²) in [5, 5.41) is 4.43. The van der Waals surface area contributed by atoms with Crippen LogP contribution in [0.5, 0.6) is 0 Å². The van der Waals surface area contributed by atoms with Gasteiger partial charge in [-0.15, -0.1) is 0 Å². The van der Waals surface area contributed by atoms with Crippen molar-refractivity contribution >= 4 is 32.7 Å². The molecular formula is C49H31N3O. The van der Waals surface area contributed by atoms with Crippen LogP contribution >= 0.6 is 0 Å². The molecule has 0 atom stereocenters. The minimum absolute atomic E-state index is 0.594. The fourth-order valence-corrected chi connectivity index (χ4v) is 7.20. The second-order valence-corrected chi connectivity index (χ2v) is 13.2. The predicted molar refractivity (Wildman–Crippen MR) is 217 cm³/mol. The van der Waals surface area contributed by atoms with Crippen LogP contribution in [0, 0.1) is 0 Å². The average Bonchev–Trinajstić information content (AvgIpc) is 3.62. The van der Waals surface area contributed by atoms with Crippen LogP contribution in [0.3, 0.4) is 0 Å². The largest absolute Gasteiger partial charge is 0.456 e. The van der Waals surface area contributed by atoms with Gasteiger partial charge in [-0.3, -0.25) is 0 Å². The Morgan fingerprint density at radius 2 is 0.792 bits per heavy atom. The summed E-state index contributed by atoms with van der Waals surface area (Å²) >= 11 is 0. The zero-order valence-corrected chi connectivity index (χ0v) is 28.6. The molecule has 0 N–H and O–H groups in total. The van der Waals surface area contributed by atoms with Crippen molar-refractivity contribution in [2.24, 2.45) is 0 Å². The highest BCUT2D eigenvalue weighted by molar-refractivity contribution is 6.12. The molecule has 0 aliphatic rings. The van der Waals surface area contributed by atoms with Gasteiger partial charge in [0.2, 0.25) is 0 Å². The lowest BCUT2D eigenvalue weighted by Crippen LogP contribution is -2.00. The minimum Gasteiger partial charge on any atom is -0.456 e. The van der Waals surface area contributed by atoms with Crippen molar-refractivity contribution in [1.29, 1.82) is 0 Å². The third-order valence-corrected chi connectivity index (χ3v) is 9.96. The number of rotatable bonds is 6. The lowest BCUT2D eigenvalue weighted by Gasteiger charge is -2.10. The first-order valence-corrected chi connectivity index (χ1v) is 17.8. The molecule has 8 aromatic carbocycles. The van der Waals surface area contributed by atoms with Gasteiger partial charge in [0.25, 0.3) is 0 Å². The summed E-state index contributed by atoms with van der Waals surface area (Å²) < 4.78 is 6.53. The van der Waals surface area contributed by atoms with E-state index in [2.05, 4.69) is 164 Å². The van der Waals surface area contributed by atoms with E-state index in [1.807, 2.05) is 24.3 Å². The quantitative estimate of drug-likeness (QED) is 0.176. The van der Waals surface area contributed by atoms with Crippen LogP contribution in [0.15, 0.2) is 192 Å². The molecule has 0 aliphatic carbocycles. The van der Waals surface area contributed by atoms with Crippen LogP contribution in [-0.4, -0.2) is 15.0 Å². The van der Waals surface area contributed by atoms with Crippen LogP contribution in [0.1, 0.15) is 0 Å². The molecule has 0 amide bonds. The molecule has 4 nitrogen and oxygen atoms in total. The molecule has 10 rings (SSSR count). The molecule has 0 unspecified atom stereocenters. The van der Waals surface area contributed by atoms with E-state index in [4.69, 9.17) is 19.4 Å². The Bertz CT molecular complexity index is 2810. The van der Waals surface area contributed by atoms with Gasteiger partial charge in [0.05, 0.1) is 0 Å². The third-order valence-electron chi connectivity index (χ3n) is 9.96. The van der Waals surface area contributed by atoms with Crippen LogP contribution in [0.2, 0.25) is 0 Å². The van der Waals surface area contributed by atoms with E-state index in [0.717, 1.165) is 72.0 Å². The fraction of sp³-hybridized carbons (Fsp3) is 0. The van der Waals surface area contributed by atoms with Gasteiger partial charge < -0.3 is 4.42 Å². The van der Waals surface area contributed by atoms with Crippen molar-refractivity contribution in [2.75, 3.05) is 0 Å². The number of benzene rings is 8. The molecular weight excluding hydrogens is 647 g/mol. The van der Waals surface area contributed by atoms with Crippen LogP contribution in [-0.2, 0) is 0 Å². The number of hydrogen-bond acceptors (Lipinski definition) is 4. The molecule has 2 heterocycles. The summed E-state index contributed by atoms with van der Waals surface area (Å²) in [6, 6.07) is 65.2. The number of hydrogen-bond donors (Lipinski definition) is 0. The van der Waals surface area contributed by atoms with Crippen molar-refractivity contribution in [2.45, 2.75) is 0 Å². The SMILES string of the molecule is c1ccc(-c2ccc(-c3nc(-c4ccc(-c5ccccc5)cc4)nc(-c4cccc5oc6cc(-c7ccc8ccccc8c7)ccc6c45)n3)cc2)cc1. The summed E-state index contributed by atoms with van der Waals surface area (Å²) in [7, 11) is 0. The number of nitrogens with zero attached hydrogens (tertiary/aromatic N) is 3. The van der Waals surface area contributed by atoms with Crippen molar-refractivity contribution in [3.8, 4) is 67.5 Å². The molecule has 0 fully saturated rings. The van der Waals surface area contributed by atoms with Gasteiger partial charge in [0.1, 0.15) is 11.2 Å². The van der Waals surface area contributed by atoms with Crippen LogP contribution < -0.4 is 0 Å². The summed E-state index contributed by atoms with van der Waals surface area (Å²) in [5.74, 6) is 1.82. The first-order chi connectivity index (χ1) is 26.2. The summed E-state index contributed by atoms with van der Waals surface area (Å²) in [6.07, 6.45) is 0. The van der Waals surface area contributed by atoms with Crippen LogP contribution in [0.25, 0.3) is 100 Å². The van der Waals surface area contributed by atoms with E-state index in [9.17, 15) is 0 Å². The highest BCUT2D eigenvalue weighted by Crippen LogP contribution is 2.39. The van der Waals surface area contributed by atoms with E-state index in [0.29, 0.717) is 17.5 Å². The molecule has 0 saturated heterocycles. The second-order valence-electron chi connectivity index (χ2n) is 13.2. The van der Waals surface area contributed by atoms with Crippen molar-refractivity contribution in [3.63, 3.8) is 0 Å². The maximum Gasteiger partial charge on any atom is 0.164 e. The number of furan rings is 1. The van der Waals surface area contributed by atoms with Gasteiger partial charge in [-0.05, 0) is 68.4 Å². The highest BCUT2D eigenvalue weighted by atomic mass is 16.3. The molecule has 53 heavy (non-hydrogen) atoms. The summed E-state index contributed by atoms with van der Waals surface area (Å²) in [4.78, 5) is 15.3. The van der Waals surface area contributed by atoms with Gasteiger partial charge in [-0.2, -0.15) is 0 Å². The van der Waals surface area contributed by atoms with Gasteiger partial charge >= 0.3 is 0 Å². The number of aromatic nitrogens is 3. The Hall–Kier alpha value is -7.17. The van der Waals surface area contributed by atoms with Crippen LogP contribution in [0.4, 0.5) is 0 Å². The third kappa shape index (κ3) is 5.73. The highest BCUT2D eigenvalue weighted by Gasteiger charge is 2.18. The van der Waals surface area contributed by atoms with E-state index in [1.165, 1.54) is 10.8 Å². The van der Waals surface area contributed by atoms with E-state index in [-0.39, 0.29) is 0 Å². The Morgan fingerprint density at radius 1 is 0.302 bits per heavy atom. The van der Waals surface area contributed by atoms with Crippen molar-refractivity contribution < 1.29 is 4.42 Å². The van der Waals surface area contributed by atoms with Crippen molar-refractivity contribution in [3.05, 3.63) is 188 Å². The molecule has 248 valence electrons. The molecule has 0 saturated carbocycles. The molecule has 0 radical (unpaired) electrons. The van der Waals surface area contributed by atoms with Gasteiger partial charge in [-0.1, -0.05) is 164 Å². The Labute approximate surface area is 306 Å². The topological polar surface area (TPSA) is 51.8 Å². The fourth-order valence-electron chi connectivity index (χ4n) is 7.20. The molecule has 4 heteroatoms. The van der Waals surface area contributed by atoms with E-state index in [1.54, 1.807) is 0 Å². The molecule has 0 aliphatic heterocycles. The van der Waals surface area contributed by atoms with Gasteiger partial charge in [0.15, 0.2) is 17.5 Å². The normalized spacial score (nSPS) is 11.4. The average molecular weight is 678 g/mol. The molecule has 0 spiro atoms. The Balaban J connectivity index is 1.10.